The Morgan fingerprint density at radius 3 is 1.46 bits per heavy atom. The molecule has 0 fully saturated rings. The second-order valence-corrected chi connectivity index (χ2v) is 3.03. The van der Waals surface area contributed by atoms with Crippen LogP contribution in [-0.2, 0) is 37.9 Å². The molecule has 0 aromatic rings. The van der Waals surface area contributed by atoms with E-state index in [1.165, 1.54) is 23.7 Å². The molecular formula is C8H21NS3Sn. The summed E-state index contributed by atoms with van der Waals surface area (Å²) in [6.07, 6.45) is 8.69. The molecule has 0 heterocycles. The molecule has 0 aromatic heterocycles. The van der Waals surface area contributed by atoms with Crippen molar-refractivity contribution in [3.8, 4) is 0 Å². The maximum atomic E-state index is 5.28. The molecule has 0 amide bonds. The molecule has 5 heteroatoms. The van der Waals surface area contributed by atoms with E-state index in [0.717, 1.165) is 6.54 Å². The van der Waals surface area contributed by atoms with Gasteiger partial charge in [0.25, 0.3) is 0 Å². The summed E-state index contributed by atoms with van der Waals surface area (Å²) in [6, 6.07) is 0. The van der Waals surface area contributed by atoms with Crippen LogP contribution in [0.2, 0.25) is 4.44 Å². The van der Waals surface area contributed by atoms with Gasteiger partial charge in [0.05, 0.1) is 0 Å². The zero-order valence-corrected chi connectivity index (χ0v) is 14.1. The van der Waals surface area contributed by atoms with Gasteiger partial charge in [-0.25, -0.2) is 0 Å². The van der Waals surface area contributed by atoms with E-state index < -0.39 is 0 Å². The van der Waals surface area contributed by atoms with Gasteiger partial charge in [-0.1, -0.05) is 0 Å². The van der Waals surface area contributed by atoms with Crippen molar-refractivity contribution in [2.24, 2.45) is 5.73 Å². The molecule has 0 bridgehead atoms. The molecule has 0 radical (unpaired) electrons. The van der Waals surface area contributed by atoms with Crippen molar-refractivity contribution in [2.75, 3.05) is 25.3 Å². The molecule has 0 aliphatic heterocycles. The van der Waals surface area contributed by atoms with Gasteiger partial charge >= 0.3 is 58.5 Å². The second-order valence-electron chi connectivity index (χ2n) is 1.60. The Labute approximate surface area is 114 Å². The van der Waals surface area contributed by atoms with E-state index in [-0.39, 0.29) is 0 Å². The van der Waals surface area contributed by atoms with Crippen molar-refractivity contribution in [1.82, 2.24) is 0 Å². The van der Waals surface area contributed by atoms with Crippen LogP contribution in [0.1, 0.15) is 19.3 Å². The van der Waals surface area contributed by atoms with Gasteiger partial charge in [-0.2, -0.15) is 18.8 Å². The van der Waals surface area contributed by atoms with Gasteiger partial charge in [0, 0.05) is 0 Å². The predicted octanol–water partition coefficient (Wildman–Crippen LogP) is 1.19. The van der Waals surface area contributed by atoms with Crippen LogP contribution in [0.15, 0.2) is 0 Å². The van der Waals surface area contributed by atoms with E-state index >= 15 is 0 Å². The van der Waals surface area contributed by atoms with Crippen molar-refractivity contribution in [2.45, 2.75) is 23.7 Å². The summed E-state index contributed by atoms with van der Waals surface area (Å²) in [6.45, 7) is 0.871. The standard InChI is InChI=1S/C5H12N.3CH4S.Sn/c1-2-3-4-5-6;3*1-2;/h1-6H2;3*2H,1H3;/q;;;;+3/p-3. The molecule has 0 atom stereocenters. The molecular weight excluding hydrogens is 325 g/mol. The molecule has 0 spiro atoms. The molecule has 0 saturated heterocycles. The monoisotopic (exact) mass is 347 g/mol. The summed E-state index contributed by atoms with van der Waals surface area (Å²) in [7, 11) is 0. The summed E-state index contributed by atoms with van der Waals surface area (Å²) < 4.78 is 1.40. The van der Waals surface area contributed by atoms with E-state index in [1.807, 2.05) is 0 Å². The summed E-state index contributed by atoms with van der Waals surface area (Å²) in [5, 5.41) is 0. The van der Waals surface area contributed by atoms with E-state index in [0.29, 0.717) is 0 Å². The van der Waals surface area contributed by atoms with Gasteiger partial charge in [-0.05, 0) is 0 Å². The Morgan fingerprint density at radius 1 is 0.846 bits per heavy atom. The Hall–Kier alpha value is 1.81. The number of hydrogen-bond donors (Lipinski definition) is 1. The fourth-order valence-electron chi connectivity index (χ4n) is 0.446. The molecule has 0 aliphatic rings. The molecule has 0 aromatic carbocycles. The van der Waals surface area contributed by atoms with Crippen LogP contribution in [0.3, 0.4) is 0 Å². The maximum absolute atomic E-state index is 5.28. The van der Waals surface area contributed by atoms with Crippen molar-refractivity contribution in [3.05, 3.63) is 0 Å². The van der Waals surface area contributed by atoms with Gasteiger partial charge < -0.3 is 37.9 Å². The summed E-state index contributed by atoms with van der Waals surface area (Å²) >= 11 is 13.9. The van der Waals surface area contributed by atoms with Crippen molar-refractivity contribution >= 4 is 60.4 Å². The molecule has 0 rings (SSSR count). The fraction of sp³-hybridized carbons (Fsp3) is 1.00. The first-order valence-electron chi connectivity index (χ1n) is 3.99. The Bertz CT molecular complexity index is 38.6. The van der Waals surface area contributed by atoms with Crippen LogP contribution in [0.4, 0.5) is 0 Å². The van der Waals surface area contributed by atoms with E-state index in [1.54, 1.807) is 41.3 Å². The van der Waals surface area contributed by atoms with Crippen LogP contribution in [0, 0.1) is 0 Å². The average Bonchev–Trinajstić information content (AvgIpc) is 2.27. The minimum absolute atomic E-state index is 0.871. The van der Waals surface area contributed by atoms with Crippen LogP contribution in [0.25, 0.3) is 0 Å². The van der Waals surface area contributed by atoms with Gasteiger partial charge in [-0.15, -0.1) is 0 Å². The summed E-state index contributed by atoms with van der Waals surface area (Å²) in [4.78, 5) is 0. The third-order valence-electron chi connectivity index (χ3n) is 0.881. The number of rotatable bonds is 4. The van der Waals surface area contributed by atoms with Crippen LogP contribution >= 0.6 is 0 Å². The zero-order valence-electron chi connectivity index (χ0n) is 8.84. The minimum atomic E-state index is 0.871. The van der Waals surface area contributed by atoms with Gasteiger partial charge in [0.2, 0.25) is 0 Å². The van der Waals surface area contributed by atoms with Gasteiger partial charge in [-0.3, -0.25) is 0 Å². The van der Waals surface area contributed by atoms with Gasteiger partial charge in [0.1, 0.15) is 0 Å². The van der Waals surface area contributed by atoms with Crippen molar-refractivity contribution in [3.63, 3.8) is 0 Å². The Balaban J connectivity index is -0.0000000573. The van der Waals surface area contributed by atoms with Crippen molar-refractivity contribution in [1.29, 1.82) is 0 Å². The van der Waals surface area contributed by atoms with Crippen LogP contribution in [0.5, 0.6) is 0 Å². The van der Waals surface area contributed by atoms with Gasteiger partial charge in [0.15, 0.2) is 0 Å². The van der Waals surface area contributed by atoms with Crippen LogP contribution in [-0.4, -0.2) is 47.8 Å². The SMILES string of the molecule is C[S-].C[S-].C[S-].NCCCC[CH2][Sn+3]. The molecule has 0 saturated carbocycles. The molecule has 0 unspecified atom stereocenters. The normalized spacial score (nSPS) is 6.54. The molecule has 1 nitrogen and oxygen atoms in total. The number of hydrogen-bond acceptors (Lipinski definition) is 4. The van der Waals surface area contributed by atoms with Crippen molar-refractivity contribution < 1.29 is 0 Å². The topological polar surface area (TPSA) is 26.0 Å². The molecule has 80 valence electrons. The molecule has 2 N–H and O–H groups in total. The first-order valence-corrected chi connectivity index (χ1v) is 8.45. The summed E-state index contributed by atoms with van der Waals surface area (Å²) in [5.41, 5.74) is 5.28. The quantitative estimate of drug-likeness (QED) is 0.470. The first-order chi connectivity index (χ1) is 6.41. The van der Waals surface area contributed by atoms with Crippen LogP contribution < -0.4 is 5.73 Å². The first kappa shape index (κ1) is 24.2. The summed E-state index contributed by atoms with van der Waals surface area (Å²) in [5.74, 6) is 0. The fourth-order valence-corrected chi connectivity index (χ4v) is 1.16. The average molecular weight is 346 g/mol. The van der Waals surface area contributed by atoms with E-state index in [4.69, 9.17) is 5.73 Å². The Kier molecular flexibility index (Phi) is 90.9. The third kappa shape index (κ3) is 57.1. The number of nitrogens with two attached hydrogens (primary N) is 1. The second kappa shape index (κ2) is 48.9. The predicted molar refractivity (Wildman–Crippen MR) is 73.3 cm³/mol. The van der Waals surface area contributed by atoms with E-state index in [2.05, 4.69) is 37.9 Å². The Morgan fingerprint density at radius 2 is 1.23 bits per heavy atom. The third-order valence-corrected chi connectivity index (χ3v) is 1.89. The molecule has 13 heavy (non-hydrogen) atoms. The number of unbranched alkanes of at least 4 members (excludes halogenated alkanes) is 2. The van der Waals surface area contributed by atoms with E-state index in [9.17, 15) is 0 Å². The zero-order chi connectivity index (χ0) is 11.5. The molecule has 0 aliphatic carbocycles.